The Hall–Kier alpha value is -2.36. The van der Waals surface area contributed by atoms with E-state index in [9.17, 15) is 10.1 Å². The van der Waals surface area contributed by atoms with E-state index in [0.29, 0.717) is 16.5 Å². The molecule has 1 aromatic carbocycles. The molecule has 2 aliphatic rings. The van der Waals surface area contributed by atoms with Gasteiger partial charge in [-0.25, -0.2) is 4.99 Å². The van der Waals surface area contributed by atoms with Gasteiger partial charge in [0.25, 0.3) is 0 Å². The third-order valence-corrected chi connectivity index (χ3v) is 7.13. The standard InChI is InChI=1S/C20H19ClN4OS/c1-20(17(12-4-5-12)18(26)25(2)19(23)24-20)16-8-7-15(27-16)13-9-11(10-22)3-6-14(13)21/h3,6-9,12,17H,4-5H2,1-2H3,(H2,23,24)/t17-,20+/m0/s1. The van der Waals surface area contributed by atoms with Crippen LogP contribution in [0.3, 0.4) is 0 Å². The first-order chi connectivity index (χ1) is 12.8. The maximum absolute atomic E-state index is 12.9. The number of amides is 1. The molecule has 0 saturated heterocycles. The van der Waals surface area contributed by atoms with Crippen LogP contribution in [-0.2, 0) is 10.3 Å². The summed E-state index contributed by atoms with van der Waals surface area (Å²) in [6.07, 6.45) is 2.09. The molecule has 1 fully saturated rings. The molecule has 5 nitrogen and oxygen atoms in total. The molecule has 0 spiro atoms. The Morgan fingerprint density at radius 3 is 2.78 bits per heavy atom. The number of guanidine groups is 1. The van der Waals surface area contributed by atoms with E-state index in [0.717, 1.165) is 28.2 Å². The van der Waals surface area contributed by atoms with Crippen LogP contribution in [-0.4, -0.2) is 23.8 Å². The van der Waals surface area contributed by atoms with E-state index in [-0.39, 0.29) is 17.8 Å². The van der Waals surface area contributed by atoms with Gasteiger partial charge in [-0.2, -0.15) is 5.26 Å². The van der Waals surface area contributed by atoms with Gasteiger partial charge in [0.1, 0.15) is 5.54 Å². The number of hydrogen-bond donors (Lipinski definition) is 1. The molecule has 2 heterocycles. The van der Waals surface area contributed by atoms with Crippen molar-refractivity contribution in [3.05, 3.63) is 45.8 Å². The van der Waals surface area contributed by atoms with Crippen LogP contribution in [0.4, 0.5) is 0 Å². The van der Waals surface area contributed by atoms with Crippen LogP contribution in [0, 0.1) is 23.2 Å². The highest BCUT2D eigenvalue weighted by molar-refractivity contribution is 7.15. The lowest BCUT2D eigenvalue weighted by atomic mass is 9.79. The Morgan fingerprint density at radius 1 is 1.37 bits per heavy atom. The fourth-order valence-electron chi connectivity index (χ4n) is 3.78. The summed E-state index contributed by atoms with van der Waals surface area (Å²) in [5.74, 6) is 0.422. The van der Waals surface area contributed by atoms with Gasteiger partial charge in [0, 0.05) is 27.4 Å². The molecule has 2 aromatic rings. The number of carbonyl (C=O) groups excluding carboxylic acids is 1. The van der Waals surface area contributed by atoms with Gasteiger partial charge < -0.3 is 5.73 Å². The lowest BCUT2D eigenvalue weighted by molar-refractivity contribution is -0.134. The first-order valence-corrected chi connectivity index (χ1v) is 9.98. The fraction of sp³-hybridized carbons (Fsp3) is 0.350. The van der Waals surface area contributed by atoms with Crippen LogP contribution in [0.1, 0.15) is 30.2 Å². The molecule has 7 heteroatoms. The lowest BCUT2D eigenvalue weighted by Crippen LogP contribution is -2.54. The Morgan fingerprint density at radius 2 is 2.11 bits per heavy atom. The number of nitrogens with zero attached hydrogens (tertiary/aromatic N) is 3. The van der Waals surface area contributed by atoms with Gasteiger partial charge in [-0.3, -0.25) is 9.69 Å². The Bertz CT molecular complexity index is 1000. The number of nitriles is 1. The number of halogens is 1. The van der Waals surface area contributed by atoms with Crippen molar-refractivity contribution in [1.29, 1.82) is 5.26 Å². The summed E-state index contributed by atoms with van der Waals surface area (Å²) < 4.78 is 0. The van der Waals surface area contributed by atoms with Crippen LogP contribution in [0.25, 0.3) is 10.4 Å². The van der Waals surface area contributed by atoms with Crippen molar-refractivity contribution in [3.8, 4) is 16.5 Å². The molecule has 1 aliphatic heterocycles. The quantitative estimate of drug-likeness (QED) is 0.849. The van der Waals surface area contributed by atoms with Crippen LogP contribution < -0.4 is 5.73 Å². The Labute approximate surface area is 167 Å². The number of thiophene rings is 1. The molecule has 138 valence electrons. The third-order valence-electron chi connectivity index (χ3n) is 5.45. The number of benzene rings is 1. The summed E-state index contributed by atoms with van der Waals surface area (Å²) in [6.45, 7) is 2.00. The number of rotatable bonds is 3. The zero-order chi connectivity index (χ0) is 19.3. The molecular formula is C20H19ClN4OS. The summed E-state index contributed by atoms with van der Waals surface area (Å²) in [7, 11) is 1.68. The van der Waals surface area contributed by atoms with Gasteiger partial charge >= 0.3 is 0 Å². The van der Waals surface area contributed by atoms with Crippen molar-refractivity contribution in [2.75, 3.05) is 7.05 Å². The van der Waals surface area contributed by atoms with E-state index < -0.39 is 5.54 Å². The summed E-state index contributed by atoms with van der Waals surface area (Å²) >= 11 is 7.91. The average molecular weight is 399 g/mol. The fourth-order valence-corrected chi connectivity index (χ4v) is 5.22. The zero-order valence-corrected chi connectivity index (χ0v) is 16.6. The smallest absolute Gasteiger partial charge is 0.235 e. The SMILES string of the molecule is CN1C(=O)[C@H](C2CC2)[C@@](C)(c2ccc(-c3cc(C#N)ccc3Cl)s2)N=C1N. The van der Waals surface area contributed by atoms with E-state index in [2.05, 4.69) is 6.07 Å². The van der Waals surface area contributed by atoms with Crippen molar-refractivity contribution >= 4 is 34.8 Å². The van der Waals surface area contributed by atoms with Crippen molar-refractivity contribution in [3.63, 3.8) is 0 Å². The summed E-state index contributed by atoms with van der Waals surface area (Å²) in [5.41, 5.74) is 6.74. The molecular weight excluding hydrogens is 380 g/mol. The largest absolute Gasteiger partial charge is 0.369 e. The summed E-state index contributed by atoms with van der Waals surface area (Å²) in [4.78, 5) is 21.1. The highest BCUT2D eigenvalue weighted by atomic mass is 35.5. The molecule has 0 radical (unpaired) electrons. The zero-order valence-electron chi connectivity index (χ0n) is 15.1. The second-order valence-corrected chi connectivity index (χ2v) is 8.79. The molecule has 0 unspecified atom stereocenters. The average Bonchev–Trinajstić information content (AvgIpc) is 3.34. The lowest BCUT2D eigenvalue weighted by Gasteiger charge is -2.40. The maximum atomic E-state index is 12.9. The molecule has 1 aromatic heterocycles. The second kappa shape index (κ2) is 6.36. The highest BCUT2D eigenvalue weighted by Gasteiger charge is 2.53. The Balaban J connectivity index is 1.80. The predicted octanol–water partition coefficient (Wildman–Crippen LogP) is 3.97. The van der Waals surface area contributed by atoms with Crippen molar-refractivity contribution in [2.45, 2.75) is 25.3 Å². The highest BCUT2D eigenvalue weighted by Crippen LogP contribution is 2.52. The number of carbonyl (C=O) groups is 1. The minimum Gasteiger partial charge on any atom is -0.369 e. The van der Waals surface area contributed by atoms with E-state index >= 15 is 0 Å². The molecule has 0 bridgehead atoms. The third kappa shape index (κ3) is 2.91. The topological polar surface area (TPSA) is 82.5 Å². The molecule has 1 amide bonds. The van der Waals surface area contributed by atoms with E-state index in [4.69, 9.17) is 22.3 Å². The van der Waals surface area contributed by atoms with Crippen LogP contribution in [0.5, 0.6) is 0 Å². The van der Waals surface area contributed by atoms with Gasteiger partial charge in [0.15, 0.2) is 5.96 Å². The molecule has 2 atom stereocenters. The molecule has 27 heavy (non-hydrogen) atoms. The first-order valence-electron chi connectivity index (χ1n) is 8.78. The number of nitrogens with two attached hydrogens (primary N) is 1. The molecule has 1 saturated carbocycles. The van der Waals surface area contributed by atoms with Crippen LogP contribution in [0.15, 0.2) is 35.3 Å². The van der Waals surface area contributed by atoms with Gasteiger partial charge in [0.2, 0.25) is 5.91 Å². The van der Waals surface area contributed by atoms with Gasteiger partial charge in [-0.15, -0.1) is 11.3 Å². The minimum absolute atomic E-state index is 0.0342. The van der Waals surface area contributed by atoms with Crippen LogP contribution in [0.2, 0.25) is 5.02 Å². The predicted molar refractivity (Wildman–Crippen MR) is 107 cm³/mol. The molecule has 4 rings (SSSR count). The van der Waals surface area contributed by atoms with Crippen molar-refractivity contribution in [2.24, 2.45) is 22.6 Å². The van der Waals surface area contributed by atoms with Crippen molar-refractivity contribution < 1.29 is 4.79 Å². The monoisotopic (exact) mass is 398 g/mol. The van der Waals surface area contributed by atoms with E-state index in [1.54, 1.807) is 36.6 Å². The van der Waals surface area contributed by atoms with E-state index in [1.807, 2.05) is 19.1 Å². The van der Waals surface area contributed by atoms with Gasteiger partial charge in [-0.1, -0.05) is 11.6 Å². The maximum Gasteiger partial charge on any atom is 0.235 e. The van der Waals surface area contributed by atoms with Crippen LogP contribution >= 0.6 is 22.9 Å². The first kappa shape index (κ1) is 18.0. The van der Waals surface area contributed by atoms with Gasteiger partial charge in [-0.05, 0) is 56.0 Å². The number of hydrogen-bond acceptors (Lipinski definition) is 5. The van der Waals surface area contributed by atoms with E-state index in [1.165, 1.54) is 4.90 Å². The second-order valence-electron chi connectivity index (χ2n) is 7.30. The molecule has 1 aliphatic carbocycles. The minimum atomic E-state index is -0.683. The normalized spacial score (nSPS) is 25.3. The summed E-state index contributed by atoms with van der Waals surface area (Å²) in [5, 5.41) is 9.76. The Kier molecular flexibility index (Phi) is 4.25. The number of aliphatic imine (C=N–C) groups is 1. The van der Waals surface area contributed by atoms with Crippen molar-refractivity contribution in [1.82, 2.24) is 4.90 Å². The molecule has 2 N–H and O–H groups in total. The summed E-state index contributed by atoms with van der Waals surface area (Å²) in [6, 6.07) is 11.3. The van der Waals surface area contributed by atoms with Gasteiger partial charge in [0.05, 0.1) is 17.6 Å².